The minimum atomic E-state index is 0.592. The molecule has 0 spiro atoms. The molecule has 1 aromatic carbocycles. The Balaban J connectivity index is 2.48. The molecule has 0 amide bonds. The molecule has 92 valence electrons. The summed E-state index contributed by atoms with van der Waals surface area (Å²) in [6, 6.07) is 4.54. The molecule has 1 aromatic rings. The molecule has 0 saturated heterocycles. The van der Waals surface area contributed by atoms with Gasteiger partial charge in [-0.05, 0) is 55.9 Å². The number of ether oxygens (including phenoxy) is 1. The molecule has 0 heterocycles. The predicted octanol–water partition coefficient (Wildman–Crippen LogP) is 4.56. The zero-order valence-corrected chi connectivity index (χ0v) is 11.5. The highest BCUT2D eigenvalue weighted by Gasteiger charge is 2.27. The van der Waals surface area contributed by atoms with E-state index in [1.807, 2.05) is 0 Å². The first-order valence-electron chi connectivity index (χ1n) is 6.36. The average molecular weight is 230 g/mol. The van der Waals surface area contributed by atoms with Crippen LogP contribution in [0.5, 0.6) is 5.75 Å². The van der Waals surface area contributed by atoms with Crippen LogP contribution >= 0.6 is 0 Å². The van der Waals surface area contributed by atoms with Crippen LogP contribution in [0.15, 0.2) is 23.8 Å². The van der Waals surface area contributed by atoms with E-state index in [0.29, 0.717) is 11.8 Å². The Morgan fingerprint density at radius 1 is 1.29 bits per heavy atom. The van der Waals surface area contributed by atoms with Gasteiger partial charge < -0.3 is 4.74 Å². The molecule has 0 N–H and O–H groups in total. The van der Waals surface area contributed by atoms with Gasteiger partial charge in [-0.2, -0.15) is 0 Å². The summed E-state index contributed by atoms with van der Waals surface area (Å²) in [5.41, 5.74) is 5.61. The Morgan fingerprint density at radius 3 is 2.59 bits per heavy atom. The first kappa shape index (κ1) is 12.2. The molecule has 2 rings (SSSR count). The summed E-state index contributed by atoms with van der Waals surface area (Å²) in [5.74, 6) is 2.25. The van der Waals surface area contributed by atoms with Crippen LogP contribution in [0.4, 0.5) is 0 Å². The number of rotatable bonds is 2. The third-order valence-corrected chi connectivity index (χ3v) is 3.67. The number of fused-ring (bicyclic) bond motifs is 1. The van der Waals surface area contributed by atoms with Crippen LogP contribution in [0, 0.1) is 6.92 Å². The highest BCUT2D eigenvalue weighted by atomic mass is 16.5. The van der Waals surface area contributed by atoms with E-state index in [2.05, 4.69) is 45.9 Å². The van der Waals surface area contributed by atoms with E-state index in [-0.39, 0.29) is 0 Å². The third-order valence-electron chi connectivity index (χ3n) is 3.67. The quantitative estimate of drug-likeness (QED) is 0.677. The molecule has 1 aliphatic carbocycles. The lowest BCUT2D eigenvalue weighted by Gasteiger charge is -2.11. The molecular formula is C16H22O. The van der Waals surface area contributed by atoms with Crippen molar-refractivity contribution in [1.82, 2.24) is 0 Å². The van der Waals surface area contributed by atoms with E-state index in [1.165, 1.54) is 28.7 Å². The van der Waals surface area contributed by atoms with E-state index in [0.717, 1.165) is 5.75 Å². The van der Waals surface area contributed by atoms with Crippen molar-refractivity contribution < 1.29 is 4.74 Å². The van der Waals surface area contributed by atoms with E-state index in [9.17, 15) is 0 Å². The lowest BCUT2D eigenvalue weighted by Crippen LogP contribution is -1.94. The standard InChI is InChI=1S/C16H22O/c1-10(2)6-13-7-11(3)14-9-16(17-5)12(4)8-15(13)14/h6,8-9,11,13H,7H2,1-5H3/t11-,13+/m1/s1. The number of allylic oxidation sites excluding steroid dienone is 2. The van der Waals surface area contributed by atoms with Gasteiger partial charge in [-0.15, -0.1) is 0 Å². The van der Waals surface area contributed by atoms with Crippen LogP contribution in [0.3, 0.4) is 0 Å². The summed E-state index contributed by atoms with van der Waals surface area (Å²) in [6.45, 7) is 8.80. The summed E-state index contributed by atoms with van der Waals surface area (Å²) >= 11 is 0. The largest absolute Gasteiger partial charge is 0.496 e. The van der Waals surface area contributed by atoms with E-state index < -0.39 is 0 Å². The van der Waals surface area contributed by atoms with Gasteiger partial charge in [0.1, 0.15) is 5.75 Å². The molecule has 0 aliphatic heterocycles. The van der Waals surface area contributed by atoms with Gasteiger partial charge in [0, 0.05) is 5.92 Å². The Labute approximate surface area is 104 Å². The van der Waals surface area contributed by atoms with Crippen molar-refractivity contribution in [3.63, 3.8) is 0 Å². The summed E-state index contributed by atoms with van der Waals surface area (Å²) in [6.07, 6.45) is 3.63. The molecule has 0 saturated carbocycles. The Kier molecular flexibility index (Phi) is 3.28. The summed E-state index contributed by atoms with van der Waals surface area (Å²) in [5, 5.41) is 0. The van der Waals surface area contributed by atoms with Gasteiger partial charge in [-0.1, -0.05) is 24.6 Å². The minimum Gasteiger partial charge on any atom is -0.496 e. The molecular weight excluding hydrogens is 208 g/mol. The van der Waals surface area contributed by atoms with Gasteiger partial charge in [0.15, 0.2) is 0 Å². The predicted molar refractivity (Wildman–Crippen MR) is 72.9 cm³/mol. The lowest BCUT2D eigenvalue weighted by atomic mass is 9.97. The van der Waals surface area contributed by atoms with Gasteiger partial charge in [0.05, 0.1) is 7.11 Å². The van der Waals surface area contributed by atoms with Gasteiger partial charge in [0.2, 0.25) is 0 Å². The van der Waals surface area contributed by atoms with Gasteiger partial charge in [0.25, 0.3) is 0 Å². The number of hydrogen-bond acceptors (Lipinski definition) is 1. The highest BCUT2D eigenvalue weighted by molar-refractivity contribution is 5.49. The summed E-state index contributed by atoms with van der Waals surface area (Å²) in [7, 11) is 1.75. The highest BCUT2D eigenvalue weighted by Crippen LogP contribution is 2.44. The minimum absolute atomic E-state index is 0.592. The topological polar surface area (TPSA) is 9.23 Å². The Bertz CT molecular complexity index is 453. The molecule has 1 nitrogen and oxygen atoms in total. The van der Waals surface area contributed by atoms with E-state index in [1.54, 1.807) is 7.11 Å². The zero-order valence-electron chi connectivity index (χ0n) is 11.5. The van der Waals surface area contributed by atoms with Crippen LogP contribution < -0.4 is 4.74 Å². The number of methoxy groups -OCH3 is 1. The fourth-order valence-electron chi connectivity index (χ4n) is 2.89. The first-order chi connectivity index (χ1) is 8.02. The monoisotopic (exact) mass is 230 g/mol. The van der Waals surface area contributed by atoms with Crippen LogP contribution in [0.1, 0.15) is 55.7 Å². The zero-order chi connectivity index (χ0) is 12.6. The molecule has 0 aromatic heterocycles. The molecule has 0 bridgehead atoms. The second-order valence-corrected chi connectivity index (χ2v) is 5.44. The molecule has 0 unspecified atom stereocenters. The summed E-state index contributed by atoms with van der Waals surface area (Å²) < 4.78 is 5.42. The van der Waals surface area contributed by atoms with Gasteiger partial charge in [-0.25, -0.2) is 0 Å². The van der Waals surface area contributed by atoms with E-state index in [4.69, 9.17) is 4.74 Å². The van der Waals surface area contributed by atoms with Crippen molar-refractivity contribution in [3.8, 4) is 5.75 Å². The SMILES string of the molecule is COc1cc2c(cc1C)[C@@H](C=C(C)C)C[C@H]2C. The maximum atomic E-state index is 5.42. The van der Waals surface area contributed by atoms with Gasteiger partial charge in [-0.3, -0.25) is 0 Å². The first-order valence-corrected chi connectivity index (χ1v) is 6.36. The maximum absolute atomic E-state index is 5.42. The van der Waals surface area contributed by atoms with Crippen LogP contribution in [-0.2, 0) is 0 Å². The van der Waals surface area contributed by atoms with Crippen molar-refractivity contribution >= 4 is 0 Å². The smallest absolute Gasteiger partial charge is 0.122 e. The number of benzene rings is 1. The fourth-order valence-corrected chi connectivity index (χ4v) is 2.89. The Hall–Kier alpha value is -1.24. The van der Waals surface area contributed by atoms with Crippen molar-refractivity contribution in [2.75, 3.05) is 7.11 Å². The Morgan fingerprint density at radius 2 is 2.00 bits per heavy atom. The normalized spacial score (nSPS) is 22.2. The molecule has 17 heavy (non-hydrogen) atoms. The fraction of sp³-hybridized carbons (Fsp3) is 0.500. The molecule has 1 heteroatoms. The number of aryl methyl sites for hydroxylation is 1. The average Bonchev–Trinajstić information content (AvgIpc) is 2.53. The molecule has 2 atom stereocenters. The van der Waals surface area contributed by atoms with E-state index >= 15 is 0 Å². The van der Waals surface area contributed by atoms with Crippen molar-refractivity contribution in [1.29, 1.82) is 0 Å². The maximum Gasteiger partial charge on any atom is 0.122 e. The van der Waals surface area contributed by atoms with Crippen molar-refractivity contribution in [2.24, 2.45) is 0 Å². The van der Waals surface area contributed by atoms with Crippen LogP contribution in [0.25, 0.3) is 0 Å². The van der Waals surface area contributed by atoms with Crippen LogP contribution in [0.2, 0.25) is 0 Å². The van der Waals surface area contributed by atoms with Crippen molar-refractivity contribution in [3.05, 3.63) is 40.5 Å². The van der Waals surface area contributed by atoms with Crippen molar-refractivity contribution in [2.45, 2.75) is 46.0 Å². The molecule has 0 fully saturated rings. The second kappa shape index (κ2) is 4.56. The molecule has 1 aliphatic rings. The number of hydrogen-bond donors (Lipinski definition) is 0. The lowest BCUT2D eigenvalue weighted by molar-refractivity contribution is 0.411. The van der Waals surface area contributed by atoms with Gasteiger partial charge >= 0.3 is 0 Å². The van der Waals surface area contributed by atoms with Crippen LogP contribution in [-0.4, -0.2) is 7.11 Å². The second-order valence-electron chi connectivity index (χ2n) is 5.44. The third kappa shape index (κ3) is 2.24. The molecule has 0 radical (unpaired) electrons. The summed E-state index contributed by atoms with van der Waals surface area (Å²) in [4.78, 5) is 0.